The zero-order valence-electron chi connectivity index (χ0n) is 9.40. The Morgan fingerprint density at radius 2 is 2.17 bits per heavy atom. The Bertz CT molecular complexity index is 631. The van der Waals surface area contributed by atoms with Gasteiger partial charge in [-0.1, -0.05) is 21.9 Å². The molecule has 1 aromatic carbocycles. The lowest BCUT2D eigenvalue weighted by atomic mass is 10.1. The van der Waals surface area contributed by atoms with Crippen molar-refractivity contribution >= 4 is 31.9 Å². The highest BCUT2D eigenvalue weighted by atomic mass is 79.9. The highest BCUT2D eigenvalue weighted by Crippen LogP contribution is 2.25. The molecule has 0 heterocycles. The zero-order chi connectivity index (χ0) is 13.9. The smallest absolute Gasteiger partial charge is 0.335 e. The third-order valence-corrected chi connectivity index (χ3v) is 4.55. The lowest BCUT2D eigenvalue weighted by Crippen LogP contribution is -2.25. The number of nitrogens with one attached hydrogen (secondary N) is 1. The first-order valence-corrected chi connectivity index (χ1v) is 7.03. The van der Waals surface area contributed by atoms with Gasteiger partial charge in [-0.2, -0.15) is 4.72 Å². The second kappa shape index (κ2) is 5.52. The largest absolute Gasteiger partial charge is 0.478 e. The summed E-state index contributed by atoms with van der Waals surface area (Å²) in [6, 6.07) is 2.44. The van der Waals surface area contributed by atoms with Crippen LogP contribution >= 0.6 is 15.9 Å². The molecule has 2 N–H and O–H groups in total. The number of aromatic carboxylic acids is 1. The molecule has 0 aliphatic rings. The summed E-state index contributed by atoms with van der Waals surface area (Å²) >= 11 is 3.13. The molecule has 0 aromatic heterocycles. The summed E-state index contributed by atoms with van der Waals surface area (Å²) in [7, 11) is -3.82. The Morgan fingerprint density at radius 1 is 1.56 bits per heavy atom. The Labute approximate surface area is 113 Å². The van der Waals surface area contributed by atoms with Gasteiger partial charge < -0.3 is 5.11 Å². The van der Waals surface area contributed by atoms with Crippen LogP contribution in [0.1, 0.15) is 15.9 Å². The van der Waals surface area contributed by atoms with Crippen LogP contribution < -0.4 is 4.72 Å². The number of sulfonamides is 1. The van der Waals surface area contributed by atoms with Gasteiger partial charge in [0, 0.05) is 4.47 Å². The van der Waals surface area contributed by atoms with Crippen molar-refractivity contribution in [1.29, 1.82) is 0 Å². The number of hydrogen-bond donors (Lipinski definition) is 2. The molecule has 0 fully saturated rings. The number of carboxylic acid groups (broad SMARTS) is 1. The summed E-state index contributed by atoms with van der Waals surface area (Å²) in [6.45, 7) is 1.41. The predicted molar refractivity (Wildman–Crippen MR) is 69.9 cm³/mol. The van der Waals surface area contributed by atoms with Crippen LogP contribution in [0.15, 0.2) is 21.5 Å². The van der Waals surface area contributed by atoms with Crippen LogP contribution in [0.25, 0.3) is 0 Å². The number of terminal acetylenes is 1. The highest BCUT2D eigenvalue weighted by molar-refractivity contribution is 9.10. The van der Waals surface area contributed by atoms with E-state index in [4.69, 9.17) is 11.5 Å². The average molecular weight is 332 g/mol. The van der Waals surface area contributed by atoms with Crippen molar-refractivity contribution in [3.8, 4) is 12.3 Å². The molecule has 0 unspecified atom stereocenters. The molecular weight excluding hydrogens is 322 g/mol. The lowest BCUT2D eigenvalue weighted by molar-refractivity contribution is 0.0696. The number of carbonyl (C=O) groups is 1. The van der Waals surface area contributed by atoms with Crippen molar-refractivity contribution in [3.05, 3.63) is 27.7 Å². The Kier molecular flexibility index (Phi) is 4.51. The van der Waals surface area contributed by atoms with Crippen LogP contribution in [0.4, 0.5) is 0 Å². The molecule has 18 heavy (non-hydrogen) atoms. The first-order valence-electron chi connectivity index (χ1n) is 4.76. The fourth-order valence-corrected chi connectivity index (χ4v) is 3.09. The quantitative estimate of drug-likeness (QED) is 0.816. The average Bonchev–Trinajstić information content (AvgIpc) is 2.29. The van der Waals surface area contributed by atoms with Gasteiger partial charge in [-0.25, -0.2) is 13.2 Å². The molecule has 0 aliphatic heterocycles. The zero-order valence-corrected chi connectivity index (χ0v) is 11.8. The normalized spacial score (nSPS) is 10.9. The van der Waals surface area contributed by atoms with Crippen molar-refractivity contribution < 1.29 is 18.3 Å². The van der Waals surface area contributed by atoms with Crippen LogP contribution in [-0.4, -0.2) is 26.0 Å². The number of hydrogen-bond acceptors (Lipinski definition) is 3. The minimum atomic E-state index is -3.82. The third-order valence-electron chi connectivity index (χ3n) is 2.20. The number of carboxylic acids is 1. The van der Waals surface area contributed by atoms with Crippen molar-refractivity contribution in [1.82, 2.24) is 4.72 Å². The van der Waals surface area contributed by atoms with Crippen LogP contribution in [0.3, 0.4) is 0 Å². The van der Waals surface area contributed by atoms with Crippen molar-refractivity contribution in [2.24, 2.45) is 0 Å². The van der Waals surface area contributed by atoms with E-state index < -0.39 is 16.0 Å². The first-order chi connectivity index (χ1) is 8.29. The second-order valence-electron chi connectivity index (χ2n) is 3.42. The van der Waals surface area contributed by atoms with E-state index in [1.165, 1.54) is 6.07 Å². The fraction of sp³-hybridized carbons (Fsp3) is 0.182. The van der Waals surface area contributed by atoms with E-state index >= 15 is 0 Å². The first kappa shape index (κ1) is 14.7. The van der Waals surface area contributed by atoms with Crippen LogP contribution in [-0.2, 0) is 10.0 Å². The summed E-state index contributed by atoms with van der Waals surface area (Å²) in [4.78, 5) is 10.8. The number of halogens is 1. The maximum absolute atomic E-state index is 11.9. The van der Waals surface area contributed by atoms with Gasteiger partial charge in [0.05, 0.1) is 17.0 Å². The van der Waals surface area contributed by atoms with Crippen LogP contribution in [0, 0.1) is 19.3 Å². The molecule has 1 rings (SSSR count). The molecular formula is C11H10BrNO4S. The number of benzene rings is 1. The Morgan fingerprint density at radius 3 is 2.67 bits per heavy atom. The summed E-state index contributed by atoms with van der Waals surface area (Å²) in [6.07, 6.45) is 4.98. The highest BCUT2D eigenvalue weighted by Gasteiger charge is 2.20. The predicted octanol–water partition coefficient (Wildman–Crippen LogP) is 1.37. The van der Waals surface area contributed by atoms with Crippen molar-refractivity contribution in [3.63, 3.8) is 0 Å². The van der Waals surface area contributed by atoms with E-state index in [1.54, 1.807) is 6.92 Å². The van der Waals surface area contributed by atoms with Crippen LogP contribution in [0.5, 0.6) is 0 Å². The van der Waals surface area contributed by atoms with E-state index in [0.29, 0.717) is 10.0 Å². The lowest BCUT2D eigenvalue weighted by Gasteiger charge is -2.10. The van der Waals surface area contributed by atoms with Gasteiger partial charge in [-0.05, 0) is 24.6 Å². The third kappa shape index (κ3) is 3.10. The topological polar surface area (TPSA) is 83.5 Å². The molecule has 0 saturated carbocycles. The Balaban J connectivity index is 3.41. The van der Waals surface area contributed by atoms with Gasteiger partial charge in [0.1, 0.15) is 0 Å². The maximum Gasteiger partial charge on any atom is 0.335 e. The molecule has 7 heteroatoms. The molecule has 5 nitrogen and oxygen atoms in total. The van der Waals surface area contributed by atoms with Gasteiger partial charge in [0.2, 0.25) is 10.0 Å². The monoisotopic (exact) mass is 331 g/mol. The van der Waals surface area contributed by atoms with E-state index in [9.17, 15) is 13.2 Å². The molecule has 0 amide bonds. The Hall–Kier alpha value is -1.36. The minimum absolute atomic E-state index is 0.107. The molecule has 0 radical (unpaired) electrons. The van der Waals surface area contributed by atoms with Crippen molar-refractivity contribution in [2.45, 2.75) is 11.8 Å². The van der Waals surface area contributed by atoms with Gasteiger partial charge in [0.25, 0.3) is 0 Å². The summed E-state index contributed by atoms with van der Waals surface area (Å²) in [5, 5.41) is 8.90. The molecule has 0 bridgehead atoms. The maximum atomic E-state index is 11.9. The summed E-state index contributed by atoms with van der Waals surface area (Å²) in [5.41, 5.74) is 0.304. The van der Waals surface area contributed by atoms with Gasteiger partial charge in [-0.3, -0.25) is 0 Å². The number of rotatable bonds is 4. The van der Waals surface area contributed by atoms with E-state index in [-0.39, 0.29) is 17.0 Å². The fourth-order valence-electron chi connectivity index (χ4n) is 1.27. The van der Waals surface area contributed by atoms with Gasteiger partial charge in [0.15, 0.2) is 0 Å². The second-order valence-corrected chi connectivity index (χ2v) is 6.00. The van der Waals surface area contributed by atoms with E-state index in [2.05, 4.69) is 26.6 Å². The minimum Gasteiger partial charge on any atom is -0.478 e. The van der Waals surface area contributed by atoms with Gasteiger partial charge >= 0.3 is 5.97 Å². The summed E-state index contributed by atoms with van der Waals surface area (Å²) < 4.78 is 26.4. The molecule has 0 atom stereocenters. The summed E-state index contributed by atoms with van der Waals surface area (Å²) in [5.74, 6) is 0.942. The SMILES string of the molecule is C#CCNS(=O)(=O)c1cc(C(=O)O)cc(Br)c1C. The van der Waals surface area contributed by atoms with Gasteiger partial charge in [-0.15, -0.1) is 6.42 Å². The molecule has 1 aromatic rings. The molecule has 0 aliphatic carbocycles. The van der Waals surface area contributed by atoms with E-state index in [0.717, 1.165) is 6.07 Å². The molecule has 0 spiro atoms. The standard InChI is InChI=1S/C11H10BrNO4S/c1-3-4-13-18(16,17)10-6-8(11(14)15)5-9(12)7(10)2/h1,5-6,13H,4H2,2H3,(H,14,15). The van der Waals surface area contributed by atoms with E-state index in [1.807, 2.05) is 0 Å². The van der Waals surface area contributed by atoms with Crippen LogP contribution in [0.2, 0.25) is 0 Å². The molecule has 0 saturated heterocycles. The molecule has 96 valence electrons. The van der Waals surface area contributed by atoms with Crippen molar-refractivity contribution in [2.75, 3.05) is 6.54 Å².